The molecular weight excluding hydrogens is 326 g/mol. The van der Waals surface area contributed by atoms with Crippen LogP contribution in [-0.2, 0) is 4.79 Å². The molecule has 0 unspecified atom stereocenters. The van der Waals surface area contributed by atoms with Crippen molar-refractivity contribution in [2.45, 2.75) is 31.3 Å². The first-order chi connectivity index (χ1) is 11.7. The molecule has 0 radical (unpaired) electrons. The number of rotatable bonds is 3. The van der Waals surface area contributed by atoms with Crippen molar-refractivity contribution >= 4 is 34.7 Å². The first kappa shape index (κ1) is 15.4. The van der Waals surface area contributed by atoms with E-state index in [1.54, 1.807) is 18.1 Å². The zero-order valence-electron chi connectivity index (χ0n) is 13.1. The number of thioether (sulfide) groups is 1. The topological polar surface area (TPSA) is 113 Å². The molecule has 8 nitrogen and oxygen atoms in total. The summed E-state index contributed by atoms with van der Waals surface area (Å²) in [5.74, 6) is 1.50. The number of aromatic nitrogens is 4. The molecule has 2 atom stereocenters. The van der Waals surface area contributed by atoms with Crippen LogP contribution < -0.4 is 16.0 Å². The van der Waals surface area contributed by atoms with Crippen LogP contribution in [0.25, 0.3) is 11.2 Å². The molecule has 2 aromatic heterocycles. The van der Waals surface area contributed by atoms with Crippen LogP contribution in [0.4, 0.5) is 5.82 Å². The number of nitrogens with zero attached hydrogens (tertiary/aromatic N) is 4. The Hall–Kier alpha value is -2.13. The lowest BCUT2D eigenvalue weighted by atomic mass is 10.2. The SMILES string of the molecule is N[C@H]1CCC[C@H]1NC(=O)C1=CN(c2ncnc3nc[nH]c23)CCS1. The van der Waals surface area contributed by atoms with Gasteiger partial charge in [-0.2, -0.15) is 0 Å². The molecule has 2 aromatic rings. The molecule has 1 saturated carbocycles. The molecule has 126 valence electrons. The van der Waals surface area contributed by atoms with Gasteiger partial charge in [0.2, 0.25) is 0 Å². The lowest BCUT2D eigenvalue weighted by molar-refractivity contribution is -0.117. The molecule has 4 rings (SSSR count). The minimum absolute atomic E-state index is 0.0537. The number of imidazole rings is 1. The van der Waals surface area contributed by atoms with E-state index in [2.05, 4.69) is 25.3 Å². The maximum atomic E-state index is 12.6. The van der Waals surface area contributed by atoms with Gasteiger partial charge in [0.15, 0.2) is 11.5 Å². The summed E-state index contributed by atoms with van der Waals surface area (Å²) in [4.78, 5) is 30.9. The van der Waals surface area contributed by atoms with Gasteiger partial charge in [-0.1, -0.05) is 0 Å². The van der Waals surface area contributed by atoms with E-state index in [0.717, 1.165) is 42.9 Å². The number of amides is 1. The first-order valence-corrected chi connectivity index (χ1v) is 9.03. The number of H-pyrrole nitrogens is 1. The minimum atomic E-state index is -0.0537. The number of fused-ring (bicyclic) bond motifs is 1. The van der Waals surface area contributed by atoms with Gasteiger partial charge in [0.25, 0.3) is 5.91 Å². The third kappa shape index (κ3) is 2.84. The molecule has 1 fully saturated rings. The Morgan fingerprint density at radius 2 is 2.29 bits per heavy atom. The summed E-state index contributed by atoms with van der Waals surface area (Å²) in [7, 11) is 0. The van der Waals surface area contributed by atoms with Gasteiger partial charge in [-0.05, 0) is 19.3 Å². The third-order valence-corrected chi connectivity index (χ3v) is 5.44. The number of anilines is 1. The third-order valence-electron chi connectivity index (χ3n) is 4.45. The van der Waals surface area contributed by atoms with Crippen molar-refractivity contribution in [1.29, 1.82) is 0 Å². The highest BCUT2D eigenvalue weighted by Gasteiger charge is 2.28. The summed E-state index contributed by atoms with van der Waals surface area (Å²) in [6, 6.07) is 0.137. The Morgan fingerprint density at radius 3 is 3.12 bits per heavy atom. The average Bonchev–Trinajstić information content (AvgIpc) is 3.24. The average molecular weight is 345 g/mol. The molecule has 0 spiro atoms. The summed E-state index contributed by atoms with van der Waals surface area (Å²) in [6.07, 6.45) is 7.94. The lowest BCUT2D eigenvalue weighted by Crippen LogP contribution is -2.44. The van der Waals surface area contributed by atoms with E-state index in [1.165, 1.54) is 6.33 Å². The Kier molecular flexibility index (Phi) is 4.11. The fourth-order valence-electron chi connectivity index (χ4n) is 3.17. The largest absolute Gasteiger partial charge is 0.347 e. The van der Waals surface area contributed by atoms with Crippen LogP contribution in [-0.4, -0.2) is 50.2 Å². The van der Waals surface area contributed by atoms with Gasteiger partial charge in [0.1, 0.15) is 11.8 Å². The van der Waals surface area contributed by atoms with E-state index < -0.39 is 0 Å². The van der Waals surface area contributed by atoms with E-state index in [9.17, 15) is 4.79 Å². The maximum Gasteiger partial charge on any atom is 0.259 e. The van der Waals surface area contributed by atoms with Gasteiger partial charge in [0.05, 0.1) is 11.2 Å². The first-order valence-electron chi connectivity index (χ1n) is 8.04. The van der Waals surface area contributed by atoms with Crippen molar-refractivity contribution in [1.82, 2.24) is 25.3 Å². The van der Waals surface area contributed by atoms with Crippen molar-refractivity contribution in [3.05, 3.63) is 23.8 Å². The number of hydrogen-bond donors (Lipinski definition) is 3. The zero-order valence-corrected chi connectivity index (χ0v) is 13.9. The molecule has 1 aliphatic carbocycles. The molecule has 1 aliphatic heterocycles. The molecule has 0 saturated heterocycles. The van der Waals surface area contributed by atoms with Crippen LogP contribution in [0, 0.1) is 0 Å². The fourth-order valence-corrected chi connectivity index (χ4v) is 4.07. The van der Waals surface area contributed by atoms with Gasteiger partial charge in [0, 0.05) is 30.6 Å². The van der Waals surface area contributed by atoms with Crippen LogP contribution in [0.15, 0.2) is 23.8 Å². The Morgan fingerprint density at radius 1 is 1.38 bits per heavy atom. The quantitative estimate of drug-likeness (QED) is 0.752. The minimum Gasteiger partial charge on any atom is -0.347 e. The monoisotopic (exact) mass is 345 g/mol. The number of nitrogens with one attached hydrogen (secondary N) is 2. The fraction of sp³-hybridized carbons (Fsp3) is 0.467. The predicted molar refractivity (Wildman–Crippen MR) is 93.3 cm³/mol. The summed E-state index contributed by atoms with van der Waals surface area (Å²) >= 11 is 1.56. The van der Waals surface area contributed by atoms with E-state index in [0.29, 0.717) is 10.6 Å². The van der Waals surface area contributed by atoms with Gasteiger partial charge in [-0.15, -0.1) is 11.8 Å². The van der Waals surface area contributed by atoms with Gasteiger partial charge in [-0.25, -0.2) is 15.0 Å². The van der Waals surface area contributed by atoms with Crippen LogP contribution >= 0.6 is 11.8 Å². The molecule has 1 amide bonds. The maximum absolute atomic E-state index is 12.6. The second kappa shape index (κ2) is 6.40. The van der Waals surface area contributed by atoms with E-state index in [-0.39, 0.29) is 18.0 Å². The van der Waals surface area contributed by atoms with Crippen molar-refractivity contribution in [3.8, 4) is 0 Å². The van der Waals surface area contributed by atoms with Gasteiger partial charge >= 0.3 is 0 Å². The predicted octanol–water partition coefficient (Wildman–Crippen LogP) is 0.744. The normalized spacial score (nSPS) is 24.2. The van der Waals surface area contributed by atoms with E-state index in [4.69, 9.17) is 5.73 Å². The lowest BCUT2D eigenvalue weighted by Gasteiger charge is -2.26. The van der Waals surface area contributed by atoms with Crippen LogP contribution in [0.5, 0.6) is 0 Å². The number of carbonyl (C=O) groups is 1. The molecule has 2 aliphatic rings. The Balaban J connectivity index is 1.56. The van der Waals surface area contributed by atoms with Crippen LogP contribution in [0.1, 0.15) is 19.3 Å². The van der Waals surface area contributed by atoms with Crippen LogP contribution in [0.3, 0.4) is 0 Å². The molecule has 3 heterocycles. The highest BCUT2D eigenvalue weighted by atomic mass is 32.2. The number of aromatic amines is 1. The highest BCUT2D eigenvalue weighted by Crippen LogP contribution is 2.28. The summed E-state index contributed by atoms with van der Waals surface area (Å²) in [5, 5.41) is 3.07. The standard InChI is InChI=1S/C15H19N7OS/c16-9-2-1-3-10(9)21-15(23)11-6-22(4-5-24-11)14-12-13(18-7-17-12)19-8-20-14/h6-10H,1-5,16H2,(H,21,23)(H,17,18,19,20)/t9-,10+/m0/s1. The highest BCUT2D eigenvalue weighted by molar-refractivity contribution is 8.04. The second-order valence-electron chi connectivity index (χ2n) is 6.01. The summed E-state index contributed by atoms with van der Waals surface area (Å²) in [5.41, 5.74) is 7.44. The van der Waals surface area contributed by atoms with E-state index in [1.807, 2.05) is 11.1 Å². The van der Waals surface area contributed by atoms with Crippen LogP contribution in [0.2, 0.25) is 0 Å². The number of carbonyl (C=O) groups excluding carboxylic acids is 1. The zero-order chi connectivity index (χ0) is 16.5. The molecular formula is C15H19N7OS. The Labute approximate surface area is 143 Å². The number of hydrogen-bond acceptors (Lipinski definition) is 7. The van der Waals surface area contributed by atoms with E-state index >= 15 is 0 Å². The van der Waals surface area contributed by atoms with Crippen molar-refractivity contribution in [2.24, 2.45) is 5.73 Å². The molecule has 0 bridgehead atoms. The van der Waals surface area contributed by atoms with Gasteiger partial charge < -0.3 is 20.9 Å². The summed E-state index contributed by atoms with van der Waals surface area (Å²) in [6.45, 7) is 0.773. The van der Waals surface area contributed by atoms with Crippen molar-refractivity contribution in [2.75, 3.05) is 17.2 Å². The van der Waals surface area contributed by atoms with Crippen molar-refractivity contribution < 1.29 is 4.79 Å². The van der Waals surface area contributed by atoms with Gasteiger partial charge in [-0.3, -0.25) is 4.79 Å². The second-order valence-corrected chi connectivity index (χ2v) is 7.15. The smallest absolute Gasteiger partial charge is 0.259 e. The molecule has 24 heavy (non-hydrogen) atoms. The molecule has 9 heteroatoms. The molecule has 4 N–H and O–H groups in total. The number of nitrogens with two attached hydrogens (primary N) is 1. The summed E-state index contributed by atoms with van der Waals surface area (Å²) < 4.78 is 0. The molecule has 0 aromatic carbocycles. The van der Waals surface area contributed by atoms with Crippen molar-refractivity contribution in [3.63, 3.8) is 0 Å². The Bertz CT molecular complexity index is 789.